The second kappa shape index (κ2) is 4.37. The van der Waals surface area contributed by atoms with Gasteiger partial charge in [0.05, 0.1) is 0 Å². The number of carbonyl (C=O) groups excluding carboxylic acids is 1. The zero-order valence-electron chi connectivity index (χ0n) is 9.77. The lowest BCUT2D eigenvalue weighted by atomic mass is 10.00. The number of nitrogens with one attached hydrogen (secondary N) is 2. The van der Waals surface area contributed by atoms with E-state index >= 15 is 0 Å². The number of alkyl halides is 3. The third kappa shape index (κ3) is 2.39. The van der Waals surface area contributed by atoms with Crippen LogP contribution in [0.15, 0.2) is 24.3 Å². The first-order chi connectivity index (χ1) is 8.35. The highest BCUT2D eigenvalue weighted by molar-refractivity contribution is 5.75. The molecule has 1 aromatic rings. The van der Waals surface area contributed by atoms with E-state index < -0.39 is 11.8 Å². The van der Waals surface area contributed by atoms with Gasteiger partial charge in [-0.25, -0.2) is 10.9 Å². The van der Waals surface area contributed by atoms with Gasteiger partial charge in [0.1, 0.15) is 5.78 Å². The van der Waals surface area contributed by atoms with Gasteiger partial charge < -0.3 is 4.79 Å². The molecule has 0 saturated carbocycles. The van der Waals surface area contributed by atoms with E-state index in [1.165, 1.54) is 19.1 Å². The Morgan fingerprint density at radius 2 is 1.78 bits per heavy atom. The molecule has 0 atom stereocenters. The van der Waals surface area contributed by atoms with E-state index in [0.717, 1.165) is 5.56 Å². The van der Waals surface area contributed by atoms with Crippen molar-refractivity contribution in [1.82, 2.24) is 10.9 Å². The molecule has 1 fully saturated rings. The zero-order valence-corrected chi connectivity index (χ0v) is 9.77. The fraction of sp³-hybridized carbons (Fsp3) is 0.417. The van der Waals surface area contributed by atoms with Gasteiger partial charge in [-0.3, -0.25) is 0 Å². The van der Waals surface area contributed by atoms with E-state index in [2.05, 4.69) is 10.9 Å². The lowest BCUT2D eigenvalue weighted by molar-refractivity contribution is -0.165. The highest BCUT2D eigenvalue weighted by Gasteiger charge is 2.65. The van der Waals surface area contributed by atoms with Crippen LogP contribution < -0.4 is 10.9 Å². The van der Waals surface area contributed by atoms with E-state index in [1.807, 2.05) is 0 Å². The molecule has 0 spiro atoms. The van der Waals surface area contributed by atoms with Crippen molar-refractivity contribution in [3.63, 3.8) is 0 Å². The van der Waals surface area contributed by atoms with Crippen molar-refractivity contribution in [1.29, 1.82) is 0 Å². The Kier molecular flexibility index (Phi) is 3.16. The van der Waals surface area contributed by atoms with Crippen molar-refractivity contribution in [2.45, 2.75) is 31.6 Å². The largest absolute Gasteiger partial charge is 0.426 e. The Labute approximate surface area is 102 Å². The Hall–Kier alpha value is -1.40. The summed E-state index contributed by atoms with van der Waals surface area (Å²) in [7, 11) is 0. The van der Waals surface area contributed by atoms with Crippen molar-refractivity contribution in [2.75, 3.05) is 0 Å². The average Bonchev–Trinajstić information content (AvgIpc) is 3.07. The summed E-state index contributed by atoms with van der Waals surface area (Å²) < 4.78 is 38.3. The third-order valence-electron chi connectivity index (χ3n) is 2.95. The van der Waals surface area contributed by atoms with E-state index in [0.29, 0.717) is 12.8 Å². The Bertz CT molecular complexity index is 449. The fourth-order valence-corrected chi connectivity index (χ4v) is 1.75. The maximum absolute atomic E-state index is 12.8. The highest BCUT2D eigenvalue weighted by Crippen LogP contribution is 2.41. The predicted molar refractivity (Wildman–Crippen MR) is 59.4 cm³/mol. The molecule has 1 aliphatic rings. The summed E-state index contributed by atoms with van der Waals surface area (Å²) >= 11 is 0. The second-order valence-corrected chi connectivity index (χ2v) is 4.40. The van der Waals surface area contributed by atoms with Gasteiger partial charge in [-0.05, 0) is 24.5 Å². The molecule has 0 radical (unpaired) electrons. The van der Waals surface area contributed by atoms with Crippen molar-refractivity contribution in [3.8, 4) is 0 Å². The first-order valence-electron chi connectivity index (χ1n) is 5.55. The van der Waals surface area contributed by atoms with Crippen LogP contribution in [0.1, 0.15) is 24.5 Å². The van der Waals surface area contributed by atoms with Crippen LogP contribution in [0.4, 0.5) is 13.2 Å². The normalized spacial score (nSPS) is 17.6. The molecule has 0 bridgehead atoms. The molecule has 2 rings (SSSR count). The maximum atomic E-state index is 12.8. The number of hydrogen-bond acceptors (Lipinski definition) is 3. The van der Waals surface area contributed by atoms with Crippen molar-refractivity contribution >= 4 is 5.78 Å². The predicted octanol–water partition coefficient (Wildman–Crippen LogP) is 2.03. The SMILES string of the molecule is CC(=O)CCc1ccc(C2(C(F)(F)F)NN2)cc1. The minimum Gasteiger partial charge on any atom is -0.300 e. The monoisotopic (exact) mass is 258 g/mol. The van der Waals surface area contributed by atoms with Gasteiger partial charge in [-0.2, -0.15) is 13.2 Å². The number of benzene rings is 1. The maximum Gasteiger partial charge on any atom is 0.426 e. The van der Waals surface area contributed by atoms with Gasteiger partial charge in [-0.15, -0.1) is 0 Å². The summed E-state index contributed by atoms with van der Waals surface area (Å²) in [5, 5.41) is 0. The average molecular weight is 258 g/mol. The van der Waals surface area contributed by atoms with Crippen LogP contribution in [0.5, 0.6) is 0 Å². The molecule has 18 heavy (non-hydrogen) atoms. The van der Waals surface area contributed by atoms with Crippen LogP contribution in [-0.2, 0) is 16.9 Å². The smallest absolute Gasteiger partial charge is 0.300 e. The molecule has 1 aliphatic heterocycles. The van der Waals surface area contributed by atoms with Gasteiger partial charge in [0, 0.05) is 6.42 Å². The fourth-order valence-electron chi connectivity index (χ4n) is 1.75. The Morgan fingerprint density at radius 1 is 1.22 bits per heavy atom. The number of halogens is 3. The number of rotatable bonds is 4. The van der Waals surface area contributed by atoms with Crippen molar-refractivity contribution in [2.24, 2.45) is 0 Å². The summed E-state index contributed by atoms with van der Waals surface area (Å²) in [5.41, 5.74) is 3.16. The molecule has 0 unspecified atom stereocenters. The molecular formula is C12H13F3N2O. The van der Waals surface area contributed by atoms with Crippen LogP contribution in [0, 0.1) is 0 Å². The van der Waals surface area contributed by atoms with E-state index in [9.17, 15) is 18.0 Å². The quantitative estimate of drug-likeness (QED) is 0.812. The van der Waals surface area contributed by atoms with E-state index in [4.69, 9.17) is 0 Å². The van der Waals surface area contributed by atoms with Crippen LogP contribution in [0.3, 0.4) is 0 Å². The molecule has 6 heteroatoms. The highest BCUT2D eigenvalue weighted by atomic mass is 19.4. The topological polar surface area (TPSA) is 61.0 Å². The number of hydrazine groups is 1. The number of carbonyl (C=O) groups is 1. The Morgan fingerprint density at radius 3 is 2.17 bits per heavy atom. The molecule has 1 saturated heterocycles. The first kappa shape index (κ1) is 13.0. The molecule has 1 heterocycles. The van der Waals surface area contributed by atoms with Gasteiger partial charge in [0.2, 0.25) is 5.66 Å². The molecule has 0 aliphatic carbocycles. The molecule has 3 nitrogen and oxygen atoms in total. The summed E-state index contributed by atoms with van der Waals surface area (Å²) in [6.45, 7) is 1.49. The molecule has 1 aromatic carbocycles. The molecule has 98 valence electrons. The van der Waals surface area contributed by atoms with E-state index in [-0.39, 0.29) is 11.3 Å². The van der Waals surface area contributed by atoms with Crippen LogP contribution in [-0.4, -0.2) is 12.0 Å². The van der Waals surface area contributed by atoms with Crippen molar-refractivity contribution in [3.05, 3.63) is 35.4 Å². The summed E-state index contributed by atoms with van der Waals surface area (Å²) in [5.74, 6) is 0.0661. The molecule has 2 N–H and O–H groups in total. The minimum absolute atomic E-state index is 0.0661. The van der Waals surface area contributed by atoms with Crippen LogP contribution in [0.25, 0.3) is 0 Å². The molecule has 0 amide bonds. The van der Waals surface area contributed by atoms with E-state index in [1.54, 1.807) is 12.1 Å². The summed E-state index contributed by atoms with van der Waals surface area (Å²) in [6, 6.07) is 6.09. The standard InChI is InChI=1S/C12H13F3N2O/c1-8(18)2-3-9-4-6-10(7-5-9)11(16-17-11)12(13,14)15/h4-7,16-17H,2-3H2,1H3. The molecule has 0 aromatic heterocycles. The van der Waals surface area contributed by atoms with Crippen LogP contribution in [0.2, 0.25) is 0 Å². The molecular weight excluding hydrogens is 245 g/mol. The minimum atomic E-state index is -4.38. The van der Waals surface area contributed by atoms with Gasteiger partial charge in [-0.1, -0.05) is 24.3 Å². The second-order valence-electron chi connectivity index (χ2n) is 4.40. The number of ketones is 1. The number of Topliss-reactive ketones (excluding diaryl/α,β-unsaturated/α-hetero) is 1. The van der Waals surface area contributed by atoms with Gasteiger partial charge in [0.15, 0.2) is 0 Å². The van der Waals surface area contributed by atoms with Gasteiger partial charge in [0.25, 0.3) is 0 Å². The zero-order chi connectivity index (χ0) is 13.4. The van der Waals surface area contributed by atoms with Crippen molar-refractivity contribution < 1.29 is 18.0 Å². The third-order valence-corrected chi connectivity index (χ3v) is 2.95. The number of hydrogen-bond donors (Lipinski definition) is 2. The Balaban J connectivity index is 2.11. The lowest BCUT2D eigenvalue weighted by Crippen LogP contribution is -2.34. The summed E-state index contributed by atoms with van der Waals surface area (Å²) in [4.78, 5) is 10.8. The van der Waals surface area contributed by atoms with Gasteiger partial charge >= 0.3 is 6.18 Å². The number of aryl methyl sites for hydroxylation is 1. The van der Waals surface area contributed by atoms with Crippen LogP contribution >= 0.6 is 0 Å². The summed E-state index contributed by atoms with van der Waals surface area (Å²) in [6.07, 6.45) is -3.43. The lowest BCUT2D eigenvalue weighted by Gasteiger charge is -2.16. The first-order valence-corrected chi connectivity index (χ1v) is 5.55.